The molecule has 4 rings (SSSR count). The van der Waals surface area contributed by atoms with Crippen LogP contribution in [0.1, 0.15) is 44.4 Å². The Morgan fingerprint density at radius 2 is 1.73 bits per heavy atom. The molecule has 0 saturated carbocycles. The van der Waals surface area contributed by atoms with E-state index in [4.69, 9.17) is 6.42 Å². The van der Waals surface area contributed by atoms with Gasteiger partial charge >= 0.3 is 6.03 Å². The average molecular weight is 502 g/mol. The number of piperazine rings is 1. The van der Waals surface area contributed by atoms with Crippen LogP contribution in [0.25, 0.3) is 0 Å². The molecule has 1 unspecified atom stereocenters. The largest absolute Gasteiger partial charge is 0.334 e. The van der Waals surface area contributed by atoms with E-state index >= 15 is 0 Å². The van der Waals surface area contributed by atoms with Gasteiger partial charge in [0.25, 0.3) is 0 Å². The lowest BCUT2D eigenvalue weighted by Gasteiger charge is -2.56. The van der Waals surface area contributed by atoms with Crippen molar-refractivity contribution in [1.29, 1.82) is 0 Å². The summed E-state index contributed by atoms with van der Waals surface area (Å²) in [5.41, 5.74) is 1.95. The van der Waals surface area contributed by atoms with E-state index in [1.165, 1.54) is 0 Å². The third kappa shape index (κ3) is 5.32. The SMILES string of the molecule is C#CCN1CC(=O)N2[C@@H](C(C)CC)C(=O)N([C@@H](C)c3ccccc3)C[C@@H]2N1C(=O)NCc1ccccc1. The van der Waals surface area contributed by atoms with Gasteiger partial charge < -0.3 is 15.1 Å². The van der Waals surface area contributed by atoms with Crippen LogP contribution in [-0.2, 0) is 16.1 Å². The molecule has 0 aromatic heterocycles. The second-order valence-corrected chi connectivity index (χ2v) is 9.70. The standard InChI is InChI=1S/C29H35N5O3/c1-5-17-31-20-26(35)33-25(34(31)29(37)30-18-23-13-9-7-10-14-23)19-32(28(36)27(33)21(3)6-2)22(4)24-15-11-8-12-16-24/h1,7-16,21-22,25,27H,6,17-20H2,2-4H3,(H,30,37)/t21?,22-,25-,27-/m0/s1. The van der Waals surface area contributed by atoms with Gasteiger partial charge in [-0.3, -0.25) is 9.59 Å². The molecule has 0 bridgehead atoms. The summed E-state index contributed by atoms with van der Waals surface area (Å²) in [4.78, 5) is 44.5. The fourth-order valence-electron chi connectivity index (χ4n) is 5.20. The van der Waals surface area contributed by atoms with E-state index in [9.17, 15) is 14.4 Å². The Hall–Kier alpha value is -3.83. The molecule has 0 spiro atoms. The minimum absolute atomic E-state index is 0.0616. The van der Waals surface area contributed by atoms with E-state index in [1.807, 2.05) is 81.4 Å². The number of carbonyl (C=O) groups excluding carboxylic acids is 3. The lowest BCUT2D eigenvalue weighted by atomic mass is 9.91. The zero-order chi connectivity index (χ0) is 26.5. The monoisotopic (exact) mass is 501 g/mol. The van der Waals surface area contributed by atoms with E-state index < -0.39 is 12.2 Å². The third-order valence-corrected chi connectivity index (χ3v) is 7.41. The Morgan fingerprint density at radius 3 is 2.35 bits per heavy atom. The maximum Gasteiger partial charge on any atom is 0.334 e. The number of urea groups is 1. The predicted molar refractivity (Wildman–Crippen MR) is 141 cm³/mol. The number of terminal acetylenes is 1. The molecule has 8 nitrogen and oxygen atoms in total. The summed E-state index contributed by atoms with van der Waals surface area (Å²) in [6, 6.07) is 18.2. The highest BCUT2D eigenvalue weighted by molar-refractivity contribution is 5.92. The molecule has 2 aliphatic heterocycles. The predicted octanol–water partition coefficient (Wildman–Crippen LogP) is 3.23. The zero-order valence-corrected chi connectivity index (χ0v) is 21.7. The molecule has 4 amide bonds. The van der Waals surface area contributed by atoms with Crippen molar-refractivity contribution in [2.24, 2.45) is 5.92 Å². The van der Waals surface area contributed by atoms with Gasteiger partial charge in [0, 0.05) is 6.54 Å². The van der Waals surface area contributed by atoms with Crippen LogP contribution in [0.3, 0.4) is 0 Å². The molecule has 2 aromatic rings. The summed E-state index contributed by atoms with van der Waals surface area (Å²) < 4.78 is 0. The van der Waals surface area contributed by atoms with E-state index in [0.29, 0.717) is 6.54 Å². The Labute approximate surface area is 219 Å². The number of hydrogen-bond acceptors (Lipinski definition) is 4. The molecule has 4 atom stereocenters. The molecule has 0 radical (unpaired) electrons. The Bertz CT molecular complexity index is 1150. The van der Waals surface area contributed by atoms with Gasteiger partial charge in [0.1, 0.15) is 12.2 Å². The molecule has 1 N–H and O–H groups in total. The van der Waals surface area contributed by atoms with Gasteiger partial charge in [-0.05, 0) is 24.0 Å². The van der Waals surface area contributed by atoms with Gasteiger partial charge in [-0.25, -0.2) is 9.80 Å². The van der Waals surface area contributed by atoms with Gasteiger partial charge in [0.15, 0.2) is 0 Å². The first-order valence-electron chi connectivity index (χ1n) is 12.8. The maximum absolute atomic E-state index is 13.9. The van der Waals surface area contributed by atoms with Gasteiger partial charge in [0.2, 0.25) is 11.8 Å². The maximum atomic E-state index is 13.9. The van der Waals surface area contributed by atoms with Crippen LogP contribution in [0.5, 0.6) is 0 Å². The minimum atomic E-state index is -0.673. The molecule has 2 saturated heterocycles. The number of amides is 4. The molecule has 37 heavy (non-hydrogen) atoms. The summed E-state index contributed by atoms with van der Waals surface area (Å²) in [6.45, 7) is 6.54. The molecule has 194 valence electrons. The van der Waals surface area contributed by atoms with Crippen molar-refractivity contribution in [2.45, 2.75) is 52.0 Å². The minimum Gasteiger partial charge on any atom is -0.333 e. The van der Waals surface area contributed by atoms with Crippen molar-refractivity contribution >= 4 is 17.8 Å². The van der Waals surface area contributed by atoms with Crippen molar-refractivity contribution in [3.05, 3.63) is 71.8 Å². The fourth-order valence-corrected chi connectivity index (χ4v) is 5.20. The number of fused-ring (bicyclic) bond motifs is 1. The highest BCUT2D eigenvalue weighted by Gasteiger charge is 2.53. The second-order valence-electron chi connectivity index (χ2n) is 9.70. The Balaban J connectivity index is 1.70. The van der Waals surface area contributed by atoms with Crippen molar-refractivity contribution in [3.8, 4) is 12.3 Å². The molecule has 2 aromatic carbocycles. The molecule has 2 aliphatic rings. The number of carbonyl (C=O) groups is 3. The average Bonchev–Trinajstić information content (AvgIpc) is 2.92. The first-order chi connectivity index (χ1) is 17.9. The van der Waals surface area contributed by atoms with Crippen molar-refractivity contribution in [1.82, 2.24) is 25.1 Å². The second kappa shape index (κ2) is 11.5. The van der Waals surface area contributed by atoms with Crippen LogP contribution >= 0.6 is 0 Å². The van der Waals surface area contributed by atoms with Crippen LogP contribution in [0, 0.1) is 18.3 Å². The van der Waals surface area contributed by atoms with Crippen LogP contribution in [0.15, 0.2) is 60.7 Å². The van der Waals surface area contributed by atoms with Crippen LogP contribution in [-0.4, -0.2) is 69.5 Å². The molecule has 2 fully saturated rings. The molecule has 0 aliphatic carbocycles. The fraction of sp³-hybridized carbons (Fsp3) is 0.414. The van der Waals surface area contributed by atoms with E-state index in [-0.39, 0.29) is 49.4 Å². The van der Waals surface area contributed by atoms with Crippen molar-refractivity contribution in [3.63, 3.8) is 0 Å². The number of hydrogen-bond donors (Lipinski definition) is 1. The summed E-state index contributed by atoms with van der Waals surface area (Å²) in [7, 11) is 0. The summed E-state index contributed by atoms with van der Waals surface area (Å²) in [5, 5.41) is 6.15. The molecule has 8 heteroatoms. The zero-order valence-electron chi connectivity index (χ0n) is 21.7. The number of rotatable bonds is 7. The molecular weight excluding hydrogens is 466 g/mol. The van der Waals surface area contributed by atoms with Crippen LogP contribution < -0.4 is 5.32 Å². The number of nitrogens with zero attached hydrogens (tertiary/aromatic N) is 4. The Morgan fingerprint density at radius 1 is 1.08 bits per heavy atom. The van der Waals surface area contributed by atoms with Gasteiger partial charge in [-0.1, -0.05) is 86.9 Å². The van der Waals surface area contributed by atoms with E-state index in [1.54, 1.807) is 19.8 Å². The summed E-state index contributed by atoms with van der Waals surface area (Å²) >= 11 is 0. The normalized spacial score (nSPS) is 21.7. The van der Waals surface area contributed by atoms with Crippen molar-refractivity contribution in [2.75, 3.05) is 19.6 Å². The first kappa shape index (κ1) is 26.2. The van der Waals surface area contributed by atoms with Crippen LogP contribution in [0.4, 0.5) is 4.79 Å². The molecule has 2 heterocycles. The lowest BCUT2D eigenvalue weighted by Crippen LogP contribution is -2.77. The topological polar surface area (TPSA) is 76.2 Å². The number of benzene rings is 2. The van der Waals surface area contributed by atoms with E-state index in [0.717, 1.165) is 17.5 Å². The number of nitrogens with one attached hydrogen (secondary N) is 1. The van der Waals surface area contributed by atoms with Crippen LogP contribution in [0.2, 0.25) is 0 Å². The van der Waals surface area contributed by atoms with Gasteiger partial charge in [-0.2, -0.15) is 5.01 Å². The highest BCUT2D eigenvalue weighted by atomic mass is 16.2. The lowest BCUT2D eigenvalue weighted by molar-refractivity contribution is -0.194. The third-order valence-electron chi connectivity index (χ3n) is 7.41. The first-order valence-corrected chi connectivity index (χ1v) is 12.8. The van der Waals surface area contributed by atoms with Crippen molar-refractivity contribution < 1.29 is 14.4 Å². The summed E-state index contributed by atoms with van der Waals surface area (Å²) in [5.74, 6) is 2.21. The van der Waals surface area contributed by atoms with E-state index in [2.05, 4.69) is 11.2 Å². The molecular formula is C29H35N5O3. The number of hydrazine groups is 1. The van der Waals surface area contributed by atoms with Gasteiger partial charge in [0.05, 0.1) is 25.7 Å². The van der Waals surface area contributed by atoms with Gasteiger partial charge in [-0.15, -0.1) is 6.42 Å². The Kier molecular flexibility index (Phi) is 8.14. The summed E-state index contributed by atoms with van der Waals surface area (Å²) in [6.07, 6.45) is 5.68. The smallest absolute Gasteiger partial charge is 0.333 e. The quantitative estimate of drug-likeness (QED) is 0.591. The highest BCUT2D eigenvalue weighted by Crippen LogP contribution is 2.34.